The van der Waals surface area contributed by atoms with E-state index in [1.807, 2.05) is 0 Å². The highest BCUT2D eigenvalue weighted by Crippen LogP contribution is 2.23. The number of alkyl halides is 2. The van der Waals surface area contributed by atoms with E-state index in [9.17, 15) is 8.78 Å². The summed E-state index contributed by atoms with van der Waals surface area (Å²) < 4.78 is 24.5. The topological polar surface area (TPSA) is 38.9 Å². The summed E-state index contributed by atoms with van der Waals surface area (Å²) >= 11 is 0. The van der Waals surface area contributed by atoms with Crippen molar-refractivity contribution in [3.63, 3.8) is 0 Å². The lowest BCUT2D eigenvalue weighted by Crippen LogP contribution is -2.09. The van der Waals surface area contributed by atoms with Gasteiger partial charge in [0.05, 0.1) is 0 Å². The molecule has 0 spiro atoms. The van der Waals surface area contributed by atoms with E-state index in [0.29, 0.717) is 5.56 Å². The molecule has 1 heterocycles. The lowest BCUT2D eigenvalue weighted by atomic mass is 10.1. The van der Waals surface area contributed by atoms with Crippen LogP contribution in [0.5, 0.6) is 0 Å². The Balaban J connectivity index is 3.09. The molecule has 1 aromatic heterocycles. The Kier molecular flexibility index (Phi) is 2.70. The van der Waals surface area contributed by atoms with Gasteiger partial charge in [0.15, 0.2) is 0 Å². The molecule has 0 amide bonds. The van der Waals surface area contributed by atoms with Gasteiger partial charge in [-0.25, -0.2) is 8.78 Å². The van der Waals surface area contributed by atoms with Crippen molar-refractivity contribution in [2.45, 2.75) is 19.4 Å². The van der Waals surface area contributed by atoms with E-state index in [1.165, 1.54) is 6.20 Å². The highest BCUT2D eigenvalue weighted by molar-refractivity contribution is 5.23. The van der Waals surface area contributed by atoms with Crippen molar-refractivity contribution < 1.29 is 8.78 Å². The van der Waals surface area contributed by atoms with Crippen LogP contribution in [0.15, 0.2) is 18.3 Å². The largest absolute Gasteiger partial charge is 0.324 e. The molecule has 0 saturated heterocycles. The molecule has 1 unspecified atom stereocenters. The average Bonchev–Trinajstić information content (AvgIpc) is 2.04. The van der Waals surface area contributed by atoms with E-state index in [1.54, 1.807) is 19.1 Å². The van der Waals surface area contributed by atoms with Gasteiger partial charge in [0.2, 0.25) is 0 Å². The predicted molar refractivity (Wildman–Crippen MR) is 41.8 cm³/mol. The zero-order valence-corrected chi connectivity index (χ0v) is 6.67. The van der Waals surface area contributed by atoms with Crippen LogP contribution < -0.4 is 5.73 Å². The molecule has 2 N–H and O–H groups in total. The Labute approximate surface area is 69.4 Å². The van der Waals surface area contributed by atoms with Crippen LogP contribution in [0.2, 0.25) is 0 Å². The first kappa shape index (κ1) is 9.06. The summed E-state index contributed by atoms with van der Waals surface area (Å²) in [5.74, 6) is 0. The molecule has 66 valence electrons. The summed E-state index contributed by atoms with van der Waals surface area (Å²) in [6.07, 6.45) is -1.21. The van der Waals surface area contributed by atoms with Gasteiger partial charge in [-0.05, 0) is 18.6 Å². The van der Waals surface area contributed by atoms with Gasteiger partial charge in [0.25, 0.3) is 6.43 Å². The number of hydrogen-bond acceptors (Lipinski definition) is 2. The van der Waals surface area contributed by atoms with Gasteiger partial charge >= 0.3 is 0 Å². The minimum absolute atomic E-state index is 0.215. The van der Waals surface area contributed by atoms with Crippen molar-refractivity contribution in [3.8, 4) is 0 Å². The molecule has 1 atom stereocenters. The minimum Gasteiger partial charge on any atom is -0.324 e. The number of nitrogens with zero attached hydrogens (tertiary/aromatic N) is 1. The van der Waals surface area contributed by atoms with Gasteiger partial charge in [-0.2, -0.15) is 0 Å². The smallest absolute Gasteiger partial charge is 0.280 e. The van der Waals surface area contributed by atoms with E-state index >= 15 is 0 Å². The maximum Gasteiger partial charge on any atom is 0.280 e. The number of aromatic nitrogens is 1. The molecule has 0 aromatic carbocycles. The summed E-state index contributed by atoms with van der Waals surface area (Å²) in [4.78, 5) is 3.57. The molecule has 0 fully saturated rings. The van der Waals surface area contributed by atoms with E-state index in [4.69, 9.17) is 5.73 Å². The normalized spacial score (nSPS) is 13.4. The van der Waals surface area contributed by atoms with Gasteiger partial charge in [0, 0.05) is 12.2 Å². The molecule has 0 aliphatic rings. The standard InChI is InChI=1S/C8H10F2N2/c1-5(11)6-3-2-4-12-7(6)8(9)10/h2-5,8H,11H2,1H3. The summed E-state index contributed by atoms with van der Waals surface area (Å²) in [6.45, 7) is 1.66. The first-order valence-electron chi connectivity index (χ1n) is 3.61. The summed E-state index contributed by atoms with van der Waals surface area (Å²) in [5, 5.41) is 0. The Morgan fingerprint density at radius 1 is 1.50 bits per heavy atom. The Bertz CT molecular complexity index is 234. The quantitative estimate of drug-likeness (QED) is 0.741. The zero-order chi connectivity index (χ0) is 9.14. The van der Waals surface area contributed by atoms with Crippen LogP contribution in [0.1, 0.15) is 30.6 Å². The van der Waals surface area contributed by atoms with Crippen molar-refractivity contribution in [3.05, 3.63) is 29.6 Å². The lowest BCUT2D eigenvalue weighted by Gasteiger charge is -2.09. The van der Waals surface area contributed by atoms with Crippen LogP contribution in [0.3, 0.4) is 0 Å². The maximum atomic E-state index is 12.3. The first-order valence-corrected chi connectivity index (χ1v) is 3.61. The van der Waals surface area contributed by atoms with Crippen LogP contribution >= 0.6 is 0 Å². The number of hydrogen-bond donors (Lipinski definition) is 1. The monoisotopic (exact) mass is 172 g/mol. The molecule has 1 rings (SSSR count). The van der Waals surface area contributed by atoms with Crippen LogP contribution in [-0.4, -0.2) is 4.98 Å². The van der Waals surface area contributed by atoms with Crippen molar-refractivity contribution in [1.82, 2.24) is 4.98 Å². The fraction of sp³-hybridized carbons (Fsp3) is 0.375. The molecule has 2 nitrogen and oxygen atoms in total. The van der Waals surface area contributed by atoms with Crippen molar-refractivity contribution in [2.75, 3.05) is 0 Å². The van der Waals surface area contributed by atoms with Crippen molar-refractivity contribution in [2.24, 2.45) is 5.73 Å². The first-order chi connectivity index (χ1) is 5.63. The minimum atomic E-state index is -2.55. The molecule has 4 heteroatoms. The second-order valence-corrected chi connectivity index (χ2v) is 2.57. The predicted octanol–water partition coefficient (Wildman–Crippen LogP) is 2.04. The second-order valence-electron chi connectivity index (χ2n) is 2.57. The number of rotatable bonds is 2. The number of halogens is 2. The SMILES string of the molecule is CC(N)c1cccnc1C(F)F. The zero-order valence-electron chi connectivity index (χ0n) is 6.67. The summed E-state index contributed by atoms with van der Waals surface area (Å²) in [6, 6.07) is 2.77. The third kappa shape index (κ3) is 1.76. The highest BCUT2D eigenvalue weighted by Gasteiger charge is 2.15. The third-order valence-corrected chi connectivity index (χ3v) is 1.57. The molecule has 0 bridgehead atoms. The molecular formula is C8H10F2N2. The van der Waals surface area contributed by atoms with Gasteiger partial charge < -0.3 is 5.73 Å². The fourth-order valence-electron chi connectivity index (χ4n) is 0.997. The molecule has 0 aliphatic heterocycles. The van der Waals surface area contributed by atoms with Gasteiger partial charge in [-0.3, -0.25) is 4.98 Å². The molecule has 0 aliphatic carbocycles. The van der Waals surface area contributed by atoms with Gasteiger partial charge in [0.1, 0.15) is 5.69 Å². The second kappa shape index (κ2) is 3.58. The Morgan fingerprint density at radius 2 is 2.17 bits per heavy atom. The molecule has 12 heavy (non-hydrogen) atoms. The molecular weight excluding hydrogens is 162 g/mol. The van der Waals surface area contributed by atoms with Gasteiger partial charge in [-0.1, -0.05) is 6.07 Å². The molecule has 0 radical (unpaired) electrons. The van der Waals surface area contributed by atoms with Crippen LogP contribution in [0.25, 0.3) is 0 Å². The summed E-state index contributed by atoms with van der Waals surface area (Å²) in [7, 11) is 0. The van der Waals surface area contributed by atoms with E-state index in [-0.39, 0.29) is 5.69 Å². The average molecular weight is 172 g/mol. The number of pyridine rings is 1. The van der Waals surface area contributed by atoms with Crippen molar-refractivity contribution >= 4 is 0 Å². The number of nitrogens with two attached hydrogens (primary N) is 1. The Morgan fingerprint density at radius 3 is 2.58 bits per heavy atom. The molecule has 0 saturated carbocycles. The maximum absolute atomic E-state index is 12.3. The van der Waals surface area contributed by atoms with E-state index in [2.05, 4.69) is 4.98 Å². The Hall–Kier alpha value is -1.03. The van der Waals surface area contributed by atoms with Crippen LogP contribution in [0.4, 0.5) is 8.78 Å². The van der Waals surface area contributed by atoms with Crippen molar-refractivity contribution in [1.29, 1.82) is 0 Å². The third-order valence-electron chi connectivity index (χ3n) is 1.57. The van der Waals surface area contributed by atoms with E-state index in [0.717, 1.165) is 0 Å². The van der Waals surface area contributed by atoms with E-state index < -0.39 is 12.5 Å². The summed E-state index contributed by atoms with van der Waals surface area (Å²) in [5.41, 5.74) is 5.67. The lowest BCUT2D eigenvalue weighted by molar-refractivity contribution is 0.144. The van der Waals surface area contributed by atoms with Crippen LogP contribution in [0, 0.1) is 0 Å². The van der Waals surface area contributed by atoms with Gasteiger partial charge in [-0.15, -0.1) is 0 Å². The fourth-order valence-corrected chi connectivity index (χ4v) is 0.997. The van der Waals surface area contributed by atoms with Crippen LogP contribution in [-0.2, 0) is 0 Å². The highest BCUT2D eigenvalue weighted by atomic mass is 19.3. The molecule has 1 aromatic rings.